The quantitative estimate of drug-likeness (QED) is 0.519. The van der Waals surface area contributed by atoms with Gasteiger partial charge >= 0.3 is 6.18 Å². The molecule has 7 nitrogen and oxygen atoms in total. The van der Waals surface area contributed by atoms with E-state index in [0.29, 0.717) is 37.6 Å². The van der Waals surface area contributed by atoms with Crippen molar-refractivity contribution in [3.8, 4) is 0 Å². The summed E-state index contributed by atoms with van der Waals surface area (Å²) in [5.41, 5.74) is 0.976. The summed E-state index contributed by atoms with van der Waals surface area (Å²) in [5, 5.41) is 2.59. The second kappa shape index (κ2) is 10.2. The van der Waals surface area contributed by atoms with E-state index < -0.39 is 27.7 Å². The van der Waals surface area contributed by atoms with Gasteiger partial charge in [-0.25, -0.2) is 8.42 Å². The number of rotatable bonds is 9. The summed E-state index contributed by atoms with van der Waals surface area (Å²) < 4.78 is 73.8. The van der Waals surface area contributed by atoms with Gasteiger partial charge in [0.15, 0.2) is 0 Å². The van der Waals surface area contributed by atoms with Crippen molar-refractivity contribution in [2.75, 3.05) is 37.4 Å². The van der Waals surface area contributed by atoms with Gasteiger partial charge in [-0.2, -0.15) is 17.5 Å². The summed E-state index contributed by atoms with van der Waals surface area (Å²) in [6.45, 7) is 5.43. The van der Waals surface area contributed by atoms with Crippen LogP contribution in [0.25, 0.3) is 0 Å². The number of carbonyl (C=O) groups is 1. The van der Waals surface area contributed by atoms with Gasteiger partial charge in [-0.15, -0.1) is 0 Å². The van der Waals surface area contributed by atoms with Crippen LogP contribution >= 0.6 is 0 Å². The van der Waals surface area contributed by atoms with E-state index in [1.54, 1.807) is 13.0 Å². The number of aromatic nitrogens is 1. The number of morpholine rings is 1. The zero-order valence-corrected chi connectivity index (χ0v) is 21.3. The summed E-state index contributed by atoms with van der Waals surface area (Å²) in [6.07, 6.45) is -0.745. The molecule has 1 saturated carbocycles. The normalized spacial score (nSPS) is 18.2. The molecule has 0 spiro atoms. The molecule has 11 heteroatoms. The van der Waals surface area contributed by atoms with Crippen LogP contribution < -0.4 is 5.32 Å². The molecule has 0 bridgehead atoms. The van der Waals surface area contributed by atoms with Gasteiger partial charge < -0.3 is 14.6 Å². The Bertz CT molecular complexity index is 1210. The first-order valence-electron chi connectivity index (χ1n) is 12.2. The van der Waals surface area contributed by atoms with E-state index in [1.165, 1.54) is 16.4 Å². The fourth-order valence-corrected chi connectivity index (χ4v) is 6.38. The minimum atomic E-state index is -4.52. The Labute approximate surface area is 209 Å². The molecule has 198 valence electrons. The minimum Gasteiger partial charge on any atom is -0.379 e. The number of anilines is 1. The lowest BCUT2D eigenvalue weighted by Crippen LogP contribution is -2.42. The fourth-order valence-electron chi connectivity index (χ4n) is 5.00. The highest BCUT2D eigenvalue weighted by Gasteiger charge is 2.46. The third-order valence-electron chi connectivity index (χ3n) is 7.12. The zero-order valence-electron chi connectivity index (χ0n) is 20.5. The summed E-state index contributed by atoms with van der Waals surface area (Å²) in [6, 6.07) is 6.31. The monoisotopic (exact) mass is 527 g/mol. The van der Waals surface area contributed by atoms with Crippen LogP contribution in [0.3, 0.4) is 0 Å². The highest BCUT2D eigenvalue weighted by molar-refractivity contribution is 7.89. The average molecular weight is 528 g/mol. The Morgan fingerprint density at radius 2 is 1.86 bits per heavy atom. The van der Waals surface area contributed by atoms with E-state index in [1.807, 2.05) is 4.57 Å². The Balaban J connectivity index is 1.61. The molecule has 2 aliphatic rings. The number of nitrogens with one attached hydrogen (secondary N) is 1. The number of hydrogen-bond acceptors (Lipinski definition) is 4. The number of halogens is 3. The van der Waals surface area contributed by atoms with Crippen LogP contribution in [-0.2, 0) is 32.9 Å². The van der Waals surface area contributed by atoms with Crippen molar-refractivity contribution in [2.24, 2.45) is 0 Å². The molecule has 0 radical (unpaired) electrons. The van der Waals surface area contributed by atoms with Crippen molar-refractivity contribution in [2.45, 2.75) is 57.7 Å². The van der Waals surface area contributed by atoms with Gasteiger partial charge in [-0.3, -0.25) is 4.79 Å². The predicted molar refractivity (Wildman–Crippen MR) is 131 cm³/mol. The van der Waals surface area contributed by atoms with Crippen LogP contribution in [0.1, 0.15) is 59.9 Å². The van der Waals surface area contributed by atoms with Crippen molar-refractivity contribution < 1.29 is 31.1 Å². The standard InChI is InChI=1S/C25H32F3N3O4S/c1-3-7-24(8-9-24)22-17-21(23(32)29-20-6-4-5-19(16-20)25(26,27)28)18(2)31(22)12-15-36(33,34)30-10-13-35-14-11-30/h4-6,16-17H,3,7-15H2,1-2H3,(H,29,32). The fraction of sp³-hybridized carbons (Fsp3) is 0.560. The summed E-state index contributed by atoms with van der Waals surface area (Å²) >= 11 is 0. The molecule has 1 aromatic carbocycles. The number of benzene rings is 1. The number of hydrogen-bond donors (Lipinski definition) is 1. The first kappa shape index (κ1) is 26.7. The van der Waals surface area contributed by atoms with Crippen LogP contribution in [0.4, 0.5) is 18.9 Å². The maximum absolute atomic E-state index is 13.2. The lowest BCUT2D eigenvalue weighted by Gasteiger charge is -2.27. The first-order valence-corrected chi connectivity index (χ1v) is 13.8. The van der Waals surface area contributed by atoms with Crippen molar-refractivity contribution in [1.82, 2.24) is 8.87 Å². The van der Waals surface area contributed by atoms with E-state index in [0.717, 1.165) is 43.5 Å². The summed E-state index contributed by atoms with van der Waals surface area (Å²) in [4.78, 5) is 13.2. The van der Waals surface area contributed by atoms with Crippen LogP contribution in [0.2, 0.25) is 0 Å². The van der Waals surface area contributed by atoms with Crippen LogP contribution in [0.5, 0.6) is 0 Å². The molecule has 1 N–H and O–H groups in total. The minimum absolute atomic E-state index is 0.0492. The molecule has 1 aliphatic carbocycles. The molecule has 0 atom stereocenters. The first-order chi connectivity index (χ1) is 17.0. The highest BCUT2D eigenvalue weighted by atomic mass is 32.2. The van der Waals surface area contributed by atoms with Crippen LogP contribution in [0.15, 0.2) is 30.3 Å². The molecular formula is C25H32F3N3O4S. The van der Waals surface area contributed by atoms with E-state index >= 15 is 0 Å². The Morgan fingerprint density at radius 1 is 1.17 bits per heavy atom. The number of nitrogens with zero attached hydrogens (tertiary/aromatic N) is 2. The smallest absolute Gasteiger partial charge is 0.379 e. The summed E-state index contributed by atoms with van der Waals surface area (Å²) in [5.74, 6) is -0.623. The highest BCUT2D eigenvalue weighted by Crippen LogP contribution is 2.52. The SMILES string of the molecule is CCCC1(c2cc(C(=O)Nc3cccc(C(F)(F)F)c3)c(C)n2CCS(=O)(=O)N2CCOCC2)CC1. The maximum Gasteiger partial charge on any atom is 0.416 e. The van der Waals surface area contributed by atoms with Crippen molar-refractivity contribution in [3.63, 3.8) is 0 Å². The maximum atomic E-state index is 13.2. The molecule has 36 heavy (non-hydrogen) atoms. The Kier molecular flexibility index (Phi) is 7.55. The van der Waals surface area contributed by atoms with Gasteiger partial charge in [-0.05, 0) is 50.5 Å². The van der Waals surface area contributed by atoms with Gasteiger partial charge in [-0.1, -0.05) is 19.4 Å². The Morgan fingerprint density at radius 3 is 2.47 bits per heavy atom. The molecule has 1 aliphatic heterocycles. The molecule has 0 unspecified atom stereocenters. The number of sulfonamides is 1. The molecule has 2 heterocycles. The topological polar surface area (TPSA) is 80.6 Å². The molecule has 1 saturated heterocycles. The van der Waals surface area contributed by atoms with Crippen molar-refractivity contribution >= 4 is 21.6 Å². The van der Waals surface area contributed by atoms with Crippen molar-refractivity contribution in [1.29, 1.82) is 0 Å². The van der Waals surface area contributed by atoms with Crippen LogP contribution in [0, 0.1) is 6.92 Å². The van der Waals surface area contributed by atoms with Crippen molar-refractivity contribution in [3.05, 3.63) is 52.8 Å². The second-order valence-electron chi connectivity index (χ2n) is 9.57. The molecule has 1 aromatic heterocycles. The van der Waals surface area contributed by atoms with E-state index in [4.69, 9.17) is 4.74 Å². The van der Waals surface area contributed by atoms with E-state index in [2.05, 4.69) is 12.2 Å². The average Bonchev–Trinajstić information content (AvgIpc) is 3.53. The number of carbonyl (C=O) groups excluding carboxylic acids is 1. The van der Waals surface area contributed by atoms with E-state index in [9.17, 15) is 26.4 Å². The number of ether oxygens (including phenoxy) is 1. The van der Waals surface area contributed by atoms with E-state index in [-0.39, 0.29) is 23.4 Å². The van der Waals surface area contributed by atoms with Gasteiger partial charge in [0, 0.05) is 42.1 Å². The van der Waals surface area contributed by atoms with Gasteiger partial charge in [0.2, 0.25) is 10.0 Å². The second-order valence-corrected chi connectivity index (χ2v) is 11.7. The molecular weight excluding hydrogens is 495 g/mol. The summed E-state index contributed by atoms with van der Waals surface area (Å²) in [7, 11) is -3.51. The van der Waals surface area contributed by atoms with Gasteiger partial charge in [0.1, 0.15) is 0 Å². The molecule has 2 fully saturated rings. The van der Waals surface area contributed by atoms with Gasteiger partial charge in [0.05, 0.1) is 30.1 Å². The Hall–Kier alpha value is -2.37. The third kappa shape index (κ3) is 5.63. The largest absolute Gasteiger partial charge is 0.416 e. The molecule has 4 rings (SSSR count). The lowest BCUT2D eigenvalue weighted by atomic mass is 9.96. The van der Waals surface area contributed by atoms with Crippen LogP contribution in [-0.4, -0.2) is 55.3 Å². The lowest BCUT2D eigenvalue weighted by molar-refractivity contribution is -0.137. The molecule has 2 aromatic rings. The predicted octanol–water partition coefficient (Wildman–Crippen LogP) is 4.56. The number of amides is 1. The van der Waals surface area contributed by atoms with Gasteiger partial charge in [0.25, 0.3) is 5.91 Å². The number of alkyl halides is 3. The third-order valence-corrected chi connectivity index (χ3v) is 8.97. The zero-order chi connectivity index (χ0) is 26.1. The molecule has 1 amide bonds.